The van der Waals surface area contributed by atoms with Gasteiger partial charge in [-0.1, -0.05) is 30.3 Å². The van der Waals surface area contributed by atoms with E-state index in [1.165, 1.54) is 0 Å². The van der Waals surface area contributed by atoms with Gasteiger partial charge in [0.05, 0.1) is 0 Å². The van der Waals surface area contributed by atoms with Gasteiger partial charge in [0.25, 0.3) is 0 Å². The Labute approximate surface area is 127 Å². The maximum absolute atomic E-state index is 11.6. The van der Waals surface area contributed by atoms with E-state index in [0.29, 0.717) is 19.1 Å². The van der Waals surface area contributed by atoms with Crippen LogP contribution >= 0.6 is 0 Å². The second-order valence-electron chi connectivity index (χ2n) is 5.07. The smallest absolute Gasteiger partial charge is 0.407 e. The van der Waals surface area contributed by atoms with Crippen molar-refractivity contribution >= 4 is 14.1 Å². The monoisotopic (exact) mass is 288 g/mol. The maximum Gasteiger partial charge on any atom is 0.407 e. The van der Waals surface area contributed by atoms with Crippen molar-refractivity contribution in [3.63, 3.8) is 0 Å². The molecule has 0 unspecified atom stereocenters. The molecule has 1 fully saturated rings. The average molecular weight is 288 g/mol. The summed E-state index contributed by atoms with van der Waals surface area (Å²) in [5, 5.41) is 2.71. The number of carbonyl (C=O) groups is 1. The molecule has 6 heteroatoms. The van der Waals surface area contributed by atoms with E-state index in [1.54, 1.807) is 4.81 Å². The van der Waals surface area contributed by atoms with Crippen molar-refractivity contribution in [3.05, 3.63) is 35.9 Å². The van der Waals surface area contributed by atoms with E-state index in [2.05, 4.69) is 5.32 Å². The first kappa shape index (κ1) is 15.9. The first-order valence-electron chi connectivity index (χ1n) is 7.29. The van der Waals surface area contributed by atoms with Crippen LogP contribution in [0.4, 0.5) is 4.79 Å². The lowest BCUT2D eigenvalue weighted by Crippen LogP contribution is -2.42. The van der Waals surface area contributed by atoms with E-state index in [-0.39, 0.29) is 6.61 Å². The zero-order valence-electron chi connectivity index (χ0n) is 12.2. The third kappa shape index (κ3) is 5.77. The average Bonchev–Trinajstić information content (AvgIpc) is 2.54. The quantitative estimate of drug-likeness (QED) is 0.806. The van der Waals surface area contributed by atoms with Gasteiger partial charge in [-0.25, -0.2) is 4.79 Å². The van der Waals surface area contributed by atoms with Gasteiger partial charge in [-0.05, 0) is 18.4 Å². The predicted molar refractivity (Wildman–Crippen MR) is 80.9 cm³/mol. The highest BCUT2D eigenvalue weighted by atomic mass is 16.5. The van der Waals surface area contributed by atoms with Gasteiger partial charge in [0, 0.05) is 32.3 Å². The molecule has 1 amide bonds. The molecule has 0 saturated carbocycles. The van der Waals surface area contributed by atoms with Crippen molar-refractivity contribution in [2.24, 2.45) is 0 Å². The Balaban J connectivity index is 1.58. The summed E-state index contributed by atoms with van der Waals surface area (Å²) in [6, 6.07) is 9.92. The molecular formula is C15H21BN2O3. The van der Waals surface area contributed by atoms with Crippen LogP contribution in [0.3, 0.4) is 0 Å². The summed E-state index contributed by atoms with van der Waals surface area (Å²) >= 11 is 0. The Bertz CT molecular complexity index is 424. The number of alkyl carbamates (subject to hydrolysis) is 1. The number of rotatable bonds is 6. The van der Waals surface area contributed by atoms with Crippen LogP contribution in [-0.2, 0) is 16.1 Å². The topological polar surface area (TPSA) is 50.8 Å². The summed E-state index contributed by atoms with van der Waals surface area (Å²) in [5.41, 5.74) is 0.968. The highest BCUT2D eigenvalue weighted by Crippen LogP contribution is 2.11. The highest BCUT2D eigenvalue weighted by molar-refractivity contribution is 6.04. The van der Waals surface area contributed by atoms with Crippen molar-refractivity contribution in [1.82, 2.24) is 10.1 Å². The van der Waals surface area contributed by atoms with Crippen LogP contribution in [0.2, 0.25) is 0 Å². The Kier molecular flexibility index (Phi) is 6.56. The van der Waals surface area contributed by atoms with Gasteiger partial charge in [0.1, 0.15) is 6.61 Å². The zero-order valence-corrected chi connectivity index (χ0v) is 12.2. The lowest BCUT2D eigenvalue weighted by atomic mass is 10.0. The molecule has 2 radical (unpaired) electrons. The van der Waals surface area contributed by atoms with Gasteiger partial charge in [-0.3, -0.25) is 0 Å². The maximum atomic E-state index is 11.6. The number of nitrogens with zero attached hydrogens (tertiary/aromatic N) is 1. The van der Waals surface area contributed by atoms with Crippen LogP contribution in [0.1, 0.15) is 18.4 Å². The number of ether oxygens (including phenoxy) is 2. The minimum Gasteiger partial charge on any atom is -0.445 e. The second-order valence-corrected chi connectivity index (χ2v) is 5.07. The lowest BCUT2D eigenvalue weighted by molar-refractivity contribution is 0.0588. The van der Waals surface area contributed by atoms with Crippen LogP contribution in [0.5, 0.6) is 0 Å². The third-order valence-electron chi connectivity index (χ3n) is 3.51. The van der Waals surface area contributed by atoms with Gasteiger partial charge < -0.3 is 19.6 Å². The fourth-order valence-electron chi connectivity index (χ4n) is 2.26. The van der Waals surface area contributed by atoms with E-state index >= 15 is 0 Å². The minimum absolute atomic E-state index is 0.277. The molecule has 1 aliphatic rings. The fraction of sp³-hybridized carbons (Fsp3) is 0.533. The van der Waals surface area contributed by atoms with Crippen LogP contribution < -0.4 is 5.32 Å². The SMILES string of the molecule is [B]N(CCNC(=O)OCc1ccccc1)C1CCOCC1. The van der Waals surface area contributed by atoms with Gasteiger partial charge in [0.15, 0.2) is 7.98 Å². The largest absolute Gasteiger partial charge is 0.445 e. The van der Waals surface area contributed by atoms with E-state index in [9.17, 15) is 4.79 Å². The van der Waals surface area contributed by atoms with Crippen LogP contribution in [0.15, 0.2) is 30.3 Å². The number of hydrogen-bond donors (Lipinski definition) is 1. The van der Waals surface area contributed by atoms with E-state index in [0.717, 1.165) is 31.6 Å². The molecule has 1 N–H and O–H groups in total. The van der Waals surface area contributed by atoms with Gasteiger partial charge in [-0.2, -0.15) is 0 Å². The molecule has 1 saturated heterocycles. The Morgan fingerprint density at radius 1 is 1.33 bits per heavy atom. The molecule has 1 heterocycles. The number of hydrogen-bond acceptors (Lipinski definition) is 4. The Morgan fingerprint density at radius 2 is 2.05 bits per heavy atom. The molecule has 5 nitrogen and oxygen atoms in total. The fourth-order valence-corrected chi connectivity index (χ4v) is 2.26. The normalized spacial score (nSPS) is 15.9. The van der Waals surface area contributed by atoms with Crippen molar-refractivity contribution in [1.29, 1.82) is 0 Å². The van der Waals surface area contributed by atoms with Gasteiger partial charge >= 0.3 is 6.09 Å². The number of nitrogens with one attached hydrogen (secondary N) is 1. The molecule has 0 bridgehead atoms. The minimum atomic E-state index is -0.417. The number of amides is 1. The summed E-state index contributed by atoms with van der Waals surface area (Å²) in [7, 11) is 5.99. The molecule has 0 spiro atoms. The van der Waals surface area contributed by atoms with Crippen LogP contribution in [-0.4, -0.2) is 51.2 Å². The summed E-state index contributed by atoms with van der Waals surface area (Å²) in [6.45, 7) is 2.86. The molecule has 0 atom stereocenters. The number of benzene rings is 1. The van der Waals surface area contributed by atoms with E-state index < -0.39 is 6.09 Å². The van der Waals surface area contributed by atoms with Crippen LogP contribution in [0, 0.1) is 0 Å². The molecule has 21 heavy (non-hydrogen) atoms. The lowest BCUT2D eigenvalue weighted by Gasteiger charge is -2.31. The van der Waals surface area contributed by atoms with Gasteiger partial charge in [-0.15, -0.1) is 0 Å². The summed E-state index contributed by atoms with van der Waals surface area (Å²) in [6.07, 6.45) is 1.46. The molecule has 0 aromatic heterocycles. The van der Waals surface area contributed by atoms with E-state index in [4.69, 9.17) is 17.5 Å². The first-order chi connectivity index (χ1) is 10.3. The molecular weight excluding hydrogens is 267 g/mol. The second kappa shape index (κ2) is 8.69. The number of carbonyl (C=O) groups excluding carboxylic acids is 1. The molecule has 2 rings (SSSR count). The third-order valence-corrected chi connectivity index (χ3v) is 3.51. The van der Waals surface area contributed by atoms with Crippen molar-refractivity contribution in [2.75, 3.05) is 26.3 Å². The standard InChI is InChI=1S/C15H21BN2O3/c16-18(14-6-10-20-11-7-14)9-8-17-15(19)21-12-13-4-2-1-3-5-13/h1-5,14H,6-12H2,(H,17,19). The Morgan fingerprint density at radius 3 is 2.76 bits per heavy atom. The zero-order chi connectivity index (χ0) is 14.9. The van der Waals surface area contributed by atoms with Crippen molar-refractivity contribution in [3.8, 4) is 0 Å². The molecule has 1 aliphatic heterocycles. The van der Waals surface area contributed by atoms with Gasteiger partial charge in [0.2, 0.25) is 0 Å². The predicted octanol–water partition coefficient (Wildman–Crippen LogP) is 1.48. The molecule has 1 aromatic carbocycles. The Hall–Kier alpha value is -1.53. The summed E-state index contributed by atoms with van der Waals surface area (Å²) in [5.74, 6) is 0. The van der Waals surface area contributed by atoms with Crippen molar-refractivity contribution in [2.45, 2.75) is 25.5 Å². The molecule has 0 aliphatic carbocycles. The highest BCUT2D eigenvalue weighted by Gasteiger charge is 2.17. The van der Waals surface area contributed by atoms with Crippen molar-refractivity contribution < 1.29 is 14.3 Å². The first-order valence-corrected chi connectivity index (χ1v) is 7.29. The molecule has 112 valence electrons. The van der Waals surface area contributed by atoms with Crippen LogP contribution in [0.25, 0.3) is 0 Å². The summed E-state index contributed by atoms with van der Waals surface area (Å²) < 4.78 is 10.4. The summed E-state index contributed by atoms with van der Waals surface area (Å²) in [4.78, 5) is 13.3. The van der Waals surface area contributed by atoms with E-state index in [1.807, 2.05) is 30.3 Å². The molecule has 1 aromatic rings.